The Hall–Kier alpha value is -0.640. The fourth-order valence-electron chi connectivity index (χ4n) is 1.80. The molecule has 0 aromatic heterocycles. The summed E-state index contributed by atoms with van der Waals surface area (Å²) in [5.74, 6) is -0.364. The van der Waals surface area contributed by atoms with Gasteiger partial charge in [0.2, 0.25) is 0 Å². The highest BCUT2D eigenvalue weighted by molar-refractivity contribution is 6.31. The van der Waals surface area contributed by atoms with Crippen molar-refractivity contribution in [3.8, 4) is 0 Å². The second-order valence-corrected chi connectivity index (χ2v) is 4.14. The van der Waals surface area contributed by atoms with Gasteiger partial charge < -0.3 is 9.84 Å². The van der Waals surface area contributed by atoms with E-state index in [0.717, 1.165) is 6.42 Å². The molecule has 1 aromatic rings. The third kappa shape index (κ3) is 2.30. The molecule has 1 aromatic carbocycles. The number of ether oxygens (including phenoxy) is 1. The molecule has 15 heavy (non-hydrogen) atoms. The van der Waals surface area contributed by atoms with Crippen LogP contribution in [0.15, 0.2) is 18.2 Å². The Bertz CT molecular complexity index is 350. The highest BCUT2D eigenvalue weighted by Gasteiger charge is 2.26. The number of halogens is 2. The molecule has 0 saturated carbocycles. The van der Waals surface area contributed by atoms with Gasteiger partial charge in [0, 0.05) is 23.1 Å². The van der Waals surface area contributed by atoms with Crippen LogP contribution in [-0.4, -0.2) is 18.3 Å². The van der Waals surface area contributed by atoms with E-state index >= 15 is 0 Å². The van der Waals surface area contributed by atoms with E-state index in [1.165, 1.54) is 18.2 Å². The summed E-state index contributed by atoms with van der Waals surface area (Å²) in [5.41, 5.74) is 0.451. The Morgan fingerprint density at radius 2 is 2.33 bits per heavy atom. The minimum Gasteiger partial charge on any atom is -0.388 e. The van der Waals surface area contributed by atoms with Crippen LogP contribution < -0.4 is 0 Å². The molecule has 1 aliphatic heterocycles. The minimum absolute atomic E-state index is 0.0179. The Kier molecular flexibility index (Phi) is 3.24. The van der Waals surface area contributed by atoms with Crippen molar-refractivity contribution in [2.75, 3.05) is 13.2 Å². The fourth-order valence-corrected chi connectivity index (χ4v) is 2.03. The summed E-state index contributed by atoms with van der Waals surface area (Å²) in [6, 6.07) is 4.03. The summed E-state index contributed by atoms with van der Waals surface area (Å²) in [4.78, 5) is 0. The Morgan fingerprint density at radius 1 is 1.53 bits per heavy atom. The molecular formula is C11H12ClFO2. The molecule has 4 heteroatoms. The van der Waals surface area contributed by atoms with Crippen molar-refractivity contribution in [3.05, 3.63) is 34.6 Å². The molecule has 0 radical (unpaired) electrons. The van der Waals surface area contributed by atoms with E-state index in [9.17, 15) is 9.50 Å². The third-order valence-corrected chi connectivity index (χ3v) is 3.03. The van der Waals surface area contributed by atoms with Crippen molar-refractivity contribution in [3.63, 3.8) is 0 Å². The molecule has 1 fully saturated rings. The lowest BCUT2D eigenvalue weighted by Crippen LogP contribution is -2.13. The summed E-state index contributed by atoms with van der Waals surface area (Å²) in [7, 11) is 0. The number of benzene rings is 1. The molecule has 2 rings (SSSR count). The largest absolute Gasteiger partial charge is 0.388 e. The first-order valence-electron chi connectivity index (χ1n) is 4.89. The molecule has 1 saturated heterocycles. The second kappa shape index (κ2) is 4.47. The van der Waals surface area contributed by atoms with Gasteiger partial charge in [-0.2, -0.15) is 0 Å². The van der Waals surface area contributed by atoms with Crippen LogP contribution in [0.4, 0.5) is 4.39 Å². The van der Waals surface area contributed by atoms with E-state index in [0.29, 0.717) is 23.8 Å². The van der Waals surface area contributed by atoms with E-state index in [4.69, 9.17) is 16.3 Å². The summed E-state index contributed by atoms with van der Waals surface area (Å²) in [6.45, 7) is 1.16. The van der Waals surface area contributed by atoms with Gasteiger partial charge in [0.15, 0.2) is 0 Å². The standard InChI is InChI=1S/C11H12ClFO2/c12-10-2-1-8(13)5-9(10)11(14)7-3-4-15-6-7/h1-2,5,7,11,14H,3-4,6H2. The Labute approximate surface area is 92.6 Å². The molecule has 2 nitrogen and oxygen atoms in total. The van der Waals surface area contributed by atoms with Crippen molar-refractivity contribution in [2.24, 2.45) is 5.92 Å². The first kappa shape index (κ1) is 10.9. The molecule has 0 amide bonds. The minimum atomic E-state index is -0.740. The summed E-state index contributed by atoms with van der Waals surface area (Å²) >= 11 is 5.90. The summed E-state index contributed by atoms with van der Waals surface area (Å²) in [6.07, 6.45) is 0.0456. The first-order chi connectivity index (χ1) is 7.18. The topological polar surface area (TPSA) is 29.5 Å². The molecule has 2 unspecified atom stereocenters. The van der Waals surface area contributed by atoms with Gasteiger partial charge in [-0.3, -0.25) is 0 Å². The first-order valence-corrected chi connectivity index (χ1v) is 5.27. The molecule has 1 heterocycles. The van der Waals surface area contributed by atoms with Crippen LogP contribution >= 0.6 is 11.6 Å². The maximum Gasteiger partial charge on any atom is 0.123 e. The maximum atomic E-state index is 13.0. The van der Waals surface area contributed by atoms with E-state index < -0.39 is 6.10 Å². The zero-order valence-electron chi connectivity index (χ0n) is 8.12. The van der Waals surface area contributed by atoms with E-state index in [1.54, 1.807) is 0 Å². The molecule has 1 N–H and O–H groups in total. The molecule has 0 bridgehead atoms. The maximum absolute atomic E-state index is 13.0. The van der Waals surface area contributed by atoms with Crippen LogP contribution in [-0.2, 0) is 4.74 Å². The quantitative estimate of drug-likeness (QED) is 0.846. The smallest absolute Gasteiger partial charge is 0.123 e. The molecule has 0 spiro atoms. The van der Waals surface area contributed by atoms with Gasteiger partial charge in [0.25, 0.3) is 0 Å². The molecule has 82 valence electrons. The SMILES string of the molecule is OC(c1cc(F)ccc1Cl)C1CCOC1. The van der Waals surface area contributed by atoms with Gasteiger partial charge in [-0.05, 0) is 24.6 Å². The number of rotatable bonds is 2. The average molecular weight is 231 g/mol. The zero-order valence-corrected chi connectivity index (χ0v) is 8.88. The average Bonchev–Trinajstić information content (AvgIpc) is 2.74. The van der Waals surface area contributed by atoms with Gasteiger partial charge in [-0.15, -0.1) is 0 Å². The van der Waals surface area contributed by atoms with Crippen LogP contribution in [0, 0.1) is 11.7 Å². The second-order valence-electron chi connectivity index (χ2n) is 3.73. The predicted molar refractivity (Wildman–Crippen MR) is 55.3 cm³/mol. The van der Waals surface area contributed by atoms with Gasteiger partial charge in [-0.25, -0.2) is 4.39 Å². The molecule has 1 aliphatic rings. The van der Waals surface area contributed by atoms with Gasteiger partial charge in [0.05, 0.1) is 12.7 Å². The van der Waals surface area contributed by atoms with Crippen LogP contribution in [0.3, 0.4) is 0 Å². The monoisotopic (exact) mass is 230 g/mol. The van der Waals surface area contributed by atoms with Crippen LogP contribution in [0.1, 0.15) is 18.1 Å². The highest BCUT2D eigenvalue weighted by Crippen LogP contribution is 2.32. The molecular weight excluding hydrogens is 219 g/mol. The molecule has 0 aliphatic carbocycles. The lowest BCUT2D eigenvalue weighted by Gasteiger charge is -2.17. The number of hydrogen-bond donors (Lipinski definition) is 1. The summed E-state index contributed by atoms with van der Waals surface area (Å²) < 4.78 is 18.2. The van der Waals surface area contributed by atoms with Crippen molar-refractivity contribution >= 4 is 11.6 Å². The summed E-state index contributed by atoms with van der Waals surface area (Å²) in [5, 5.41) is 10.4. The van der Waals surface area contributed by atoms with E-state index in [2.05, 4.69) is 0 Å². The predicted octanol–water partition coefficient (Wildman–Crippen LogP) is 2.55. The normalized spacial score (nSPS) is 23.0. The molecule has 2 atom stereocenters. The van der Waals surface area contributed by atoms with Crippen LogP contribution in [0.25, 0.3) is 0 Å². The van der Waals surface area contributed by atoms with Crippen molar-refractivity contribution in [1.82, 2.24) is 0 Å². The van der Waals surface area contributed by atoms with Gasteiger partial charge >= 0.3 is 0 Å². The Morgan fingerprint density at radius 3 is 3.00 bits per heavy atom. The lowest BCUT2D eigenvalue weighted by atomic mass is 9.95. The van der Waals surface area contributed by atoms with Crippen LogP contribution in [0.2, 0.25) is 5.02 Å². The lowest BCUT2D eigenvalue weighted by molar-refractivity contribution is 0.0916. The van der Waals surface area contributed by atoms with E-state index in [1.807, 2.05) is 0 Å². The third-order valence-electron chi connectivity index (χ3n) is 2.69. The van der Waals surface area contributed by atoms with Gasteiger partial charge in [-0.1, -0.05) is 11.6 Å². The fraction of sp³-hybridized carbons (Fsp3) is 0.455. The van der Waals surface area contributed by atoms with Crippen molar-refractivity contribution in [2.45, 2.75) is 12.5 Å². The van der Waals surface area contributed by atoms with Crippen molar-refractivity contribution < 1.29 is 14.2 Å². The zero-order chi connectivity index (χ0) is 10.8. The van der Waals surface area contributed by atoms with Crippen LogP contribution in [0.5, 0.6) is 0 Å². The number of aliphatic hydroxyl groups excluding tert-OH is 1. The van der Waals surface area contributed by atoms with E-state index in [-0.39, 0.29) is 11.7 Å². The number of hydrogen-bond acceptors (Lipinski definition) is 2. The number of aliphatic hydroxyl groups is 1. The highest BCUT2D eigenvalue weighted by atomic mass is 35.5. The van der Waals surface area contributed by atoms with Crippen molar-refractivity contribution in [1.29, 1.82) is 0 Å². The van der Waals surface area contributed by atoms with Gasteiger partial charge in [0.1, 0.15) is 5.82 Å². The Balaban J connectivity index is 2.23.